The summed E-state index contributed by atoms with van der Waals surface area (Å²) in [5.41, 5.74) is 1.12. The normalized spacial score (nSPS) is 24.7. The fraction of sp³-hybridized carbons (Fsp3) is 0.556. The third kappa shape index (κ3) is 2.74. The first-order valence-corrected chi connectivity index (χ1v) is 9.07. The Hall–Kier alpha value is -2.48. The van der Waals surface area contributed by atoms with Crippen molar-refractivity contribution in [2.75, 3.05) is 33.2 Å². The number of fused-ring (bicyclic) bond motifs is 1. The highest BCUT2D eigenvalue weighted by Gasteiger charge is 2.42. The van der Waals surface area contributed by atoms with Crippen LogP contribution in [-0.2, 0) is 4.79 Å². The van der Waals surface area contributed by atoms with Gasteiger partial charge < -0.3 is 10.2 Å². The maximum Gasteiger partial charge on any atom is 0.272 e. The Bertz CT molecular complexity index is 862. The van der Waals surface area contributed by atoms with Crippen molar-refractivity contribution in [2.45, 2.75) is 31.7 Å². The SMILES string of the molecule is Cc1nc2ncccn2c1C(=O)N1CCN(C)[C@@]2(CCNC(=O)CC2)C1. The zero-order chi connectivity index (χ0) is 18.3. The van der Waals surface area contributed by atoms with Crippen molar-refractivity contribution in [3.8, 4) is 0 Å². The second kappa shape index (κ2) is 6.35. The van der Waals surface area contributed by atoms with E-state index in [0.717, 1.165) is 19.4 Å². The number of nitrogens with one attached hydrogen (secondary N) is 1. The Kier molecular flexibility index (Phi) is 4.14. The molecule has 8 heteroatoms. The maximum atomic E-state index is 13.3. The van der Waals surface area contributed by atoms with E-state index in [2.05, 4.69) is 27.2 Å². The van der Waals surface area contributed by atoms with Gasteiger partial charge in [0, 0.05) is 50.5 Å². The molecule has 0 radical (unpaired) electrons. The third-order valence-corrected chi connectivity index (χ3v) is 5.80. The number of carbonyl (C=O) groups excluding carboxylic acids is 2. The average Bonchev–Trinajstić information content (AvgIpc) is 2.85. The van der Waals surface area contributed by atoms with Crippen LogP contribution in [0.3, 0.4) is 0 Å². The number of aryl methyl sites for hydroxylation is 1. The first-order chi connectivity index (χ1) is 12.5. The van der Waals surface area contributed by atoms with Gasteiger partial charge in [0.25, 0.3) is 5.91 Å². The molecule has 1 N–H and O–H groups in total. The maximum absolute atomic E-state index is 13.3. The molecule has 2 saturated heterocycles. The van der Waals surface area contributed by atoms with E-state index in [-0.39, 0.29) is 17.4 Å². The summed E-state index contributed by atoms with van der Waals surface area (Å²) in [4.78, 5) is 38.0. The molecule has 2 aliphatic heterocycles. The molecule has 2 aromatic rings. The Morgan fingerprint density at radius 2 is 2.15 bits per heavy atom. The molecule has 4 rings (SSSR count). The molecule has 2 aliphatic rings. The summed E-state index contributed by atoms with van der Waals surface area (Å²) in [6.45, 7) is 4.61. The molecule has 0 saturated carbocycles. The minimum absolute atomic E-state index is 0.0148. The lowest BCUT2D eigenvalue weighted by atomic mass is 9.86. The monoisotopic (exact) mass is 356 g/mol. The molecule has 0 bridgehead atoms. The lowest BCUT2D eigenvalue weighted by Crippen LogP contribution is -2.62. The number of amides is 2. The van der Waals surface area contributed by atoms with Crippen molar-refractivity contribution in [3.05, 3.63) is 29.8 Å². The van der Waals surface area contributed by atoms with E-state index in [1.54, 1.807) is 16.7 Å². The van der Waals surface area contributed by atoms with Gasteiger partial charge >= 0.3 is 0 Å². The fourth-order valence-corrected chi connectivity index (χ4v) is 4.18. The van der Waals surface area contributed by atoms with Gasteiger partial charge in [-0.3, -0.25) is 18.9 Å². The standard InChI is InChI=1S/C18H24N6O2/c1-13-15(24-9-3-7-20-17(24)21-13)16(26)23-11-10-22(2)18(12-23)5-4-14(25)19-8-6-18/h3,7,9H,4-6,8,10-12H2,1-2H3,(H,19,25)/t18-/m0/s1. The predicted molar refractivity (Wildman–Crippen MR) is 95.8 cm³/mol. The predicted octanol–water partition coefficient (Wildman–Crippen LogP) is 0.464. The number of rotatable bonds is 1. The largest absolute Gasteiger partial charge is 0.356 e. The smallest absolute Gasteiger partial charge is 0.272 e. The molecule has 2 amide bonds. The minimum Gasteiger partial charge on any atom is -0.356 e. The van der Waals surface area contributed by atoms with Gasteiger partial charge in [-0.15, -0.1) is 0 Å². The summed E-state index contributed by atoms with van der Waals surface area (Å²) >= 11 is 0. The number of likely N-dealkylation sites (N-methyl/N-ethyl adjacent to an activating group) is 1. The third-order valence-electron chi connectivity index (χ3n) is 5.80. The number of carbonyl (C=O) groups is 2. The number of imidazole rings is 1. The average molecular weight is 356 g/mol. The van der Waals surface area contributed by atoms with E-state index < -0.39 is 0 Å². The molecule has 0 unspecified atom stereocenters. The van der Waals surface area contributed by atoms with Crippen molar-refractivity contribution < 1.29 is 9.59 Å². The van der Waals surface area contributed by atoms with Crippen LogP contribution in [0, 0.1) is 6.92 Å². The molecule has 138 valence electrons. The second-order valence-corrected chi connectivity index (χ2v) is 7.31. The van der Waals surface area contributed by atoms with Crippen molar-refractivity contribution in [2.24, 2.45) is 0 Å². The van der Waals surface area contributed by atoms with Crippen LogP contribution in [-0.4, -0.2) is 74.7 Å². The van der Waals surface area contributed by atoms with Crippen LogP contribution in [0.15, 0.2) is 18.5 Å². The molecule has 26 heavy (non-hydrogen) atoms. The summed E-state index contributed by atoms with van der Waals surface area (Å²) in [6.07, 6.45) is 5.64. The quantitative estimate of drug-likeness (QED) is 0.803. The van der Waals surface area contributed by atoms with Gasteiger partial charge in [0.2, 0.25) is 11.7 Å². The molecule has 4 heterocycles. The van der Waals surface area contributed by atoms with Crippen LogP contribution in [0.25, 0.3) is 5.78 Å². The van der Waals surface area contributed by atoms with Crippen LogP contribution in [0.5, 0.6) is 0 Å². The van der Waals surface area contributed by atoms with Crippen LogP contribution in [0.4, 0.5) is 0 Å². The van der Waals surface area contributed by atoms with Crippen LogP contribution < -0.4 is 5.32 Å². The number of hydrogen-bond donors (Lipinski definition) is 1. The van der Waals surface area contributed by atoms with Crippen molar-refractivity contribution in [1.29, 1.82) is 0 Å². The van der Waals surface area contributed by atoms with Crippen LogP contribution in [0.2, 0.25) is 0 Å². The molecule has 0 aromatic carbocycles. The summed E-state index contributed by atoms with van der Waals surface area (Å²) in [5, 5.41) is 2.95. The number of hydrogen-bond acceptors (Lipinski definition) is 5. The van der Waals surface area contributed by atoms with Gasteiger partial charge in [-0.1, -0.05) is 0 Å². The van der Waals surface area contributed by atoms with Crippen molar-refractivity contribution >= 4 is 17.6 Å². The topological polar surface area (TPSA) is 82.8 Å². The molecule has 2 aromatic heterocycles. The van der Waals surface area contributed by atoms with Crippen molar-refractivity contribution in [1.82, 2.24) is 29.5 Å². The van der Waals surface area contributed by atoms with Gasteiger partial charge in [-0.2, -0.15) is 0 Å². The number of piperazine rings is 1. The van der Waals surface area contributed by atoms with Gasteiger partial charge in [0.1, 0.15) is 5.69 Å². The molecule has 2 fully saturated rings. The number of aromatic nitrogens is 3. The minimum atomic E-state index is -0.153. The molecule has 1 spiro atoms. The van der Waals surface area contributed by atoms with Gasteiger partial charge in [0.05, 0.1) is 5.69 Å². The first kappa shape index (κ1) is 17.0. The lowest BCUT2D eigenvalue weighted by Gasteiger charge is -2.49. The summed E-state index contributed by atoms with van der Waals surface area (Å²) in [6, 6.07) is 1.80. The van der Waals surface area contributed by atoms with Crippen molar-refractivity contribution in [3.63, 3.8) is 0 Å². The Labute approximate surface area is 152 Å². The highest BCUT2D eigenvalue weighted by atomic mass is 16.2. The van der Waals surface area contributed by atoms with Gasteiger partial charge in [0.15, 0.2) is 0 Å². The molecular weight excluding hydrogens is 332 g/mol. The van der Waals surface area contributed by atoms with E-state index in [0.29, 0.717) is 43.2 Å². The van der Waals surface area contributed by atoms with Gasteiger partial charge in [-0.05, 0) is 32.9 Å². The highest BCUT2D eigenvalue weighted by molar-refractivity contribution is 5.94. The molecular formula is C18H24N6O2. The first-order valence-electron chi connectivity index (χ1n) is 9.07. The summed E-state index contributed by atoms with van der Waals surface area (Å²) in [7, 11) is 2.10. The van der Waals surface area contributed by atoms with Crippen LogP contribution >= 0.6 is 0 Å². The molecule has 8 nitrogen and oxygen atoms in total. The Morgan fingerprint density at radius 3 is 3.00 bits per heavy atom. The zero-order valence-corrected chi connectivity index (χ0v) is 15.2. The molecule has 1 atom stereocenters. The zero-order valence-electron chi connectivity index (χ0n) is 15.2. The Morgan fingerprint density at radius 1 is 1.31 bits per heavy atom. The van der Waals surface area contributed by atoms with E-state index >= 15 is 0 Å². The van der Waals surface area contributed by atoms with Crippen LogP contribution in [0.1, 0.15) is 35.4 Å². The van der Waals surface area contributed by atoms with E-state index in [9.17, 15) is 9.59 Å². The lowest BCUT2D eigenvalue weighted by molar-refractivity contribution is -0.121. The highest BCUT2D eigenvalue weighted by Crippen LogP contribution is 2.31. The van der Waals surface area contributed by atoms with Gasteiger partial charge in [-0.25, -0.2) is 9.97 Å². The second-order valence-electron chi connectivity index (χ2n) is 7.31. The summed E-state index contributed by atoms with van der Waals surface area (Å²) in [5.74, 6) is 0.628. The van der Waals surface area contributed by atoms with E-state index in [1.807, 2.05) is 18.0 Å². The number of nitrogens with zero attached hydrogens (tertiary/aromatic N) is 5. The van der Waals surface area contributed by atoms with E-state index in [1.165, 1.54) is 0 Å². The van der Waals surface area contributed by atoms with E-state index in [4.69, 9.17) is 0 Å². The summed E-state index contributed by atoms with van der Waals surface area (Å²) < 4.78 is 1.76. The fourth-order valence-electron chi connectivity index (χ4n) is 4.18. The molecule has 0 aliphatic carbocycles. The Balaban J connectivity index is 1.64.